The van der Waals surface area contributed by atoms with Crippen LogP contribution in [0.3, 0.4) is 0 Å². The summed E-state index contributed by atoms with van der Waals surface area (Å²) in [7, 11) is 3.81. The Bertz CT molecular complexity index is 674. The molecule has 0 saturated heterocycles. The number of thiophene rings is 1. The molecule has 0 bridgehead atoms. The minimum atomic E-state index is -0.821. The number of benzene rings is 1. The van der Waals surface area contributed by atoms with E-state index in [0.717, 1.165) is 11.6 Å². The molecule has 0 spiro atoms. The van der Waals surface area contributed by atoms with E-state index in [1.165, 1.54) is 18.2 Å². The van der Waals surface area contributed by atoms with Crippen LogP contribution in [0.4, 0.5) is 10.1 Å². The van der Waals surface area contributed by atoms with Gasteiger partial charge in [0.1, 0.15) is 5.82 Å². The van der Waals surface area contributed by atoms with Gasteiger partial charge in [0, 0.05) is 12.2 Å². The molecule has 0 aliphatic heterocycles. The number of nitrogens with zero attached hydrogens (tertiary/aromatic N) is 1. The molecule has 23 heavy (non-hydrogen) atoms. The zero-order valence-corrected chi connectivity index (χ0v) is 13.7. The summed E-state index contributed by atoms with van der Waals surface area (Å²) in [5.41, 5.74) is 1.32. The molecule has 1 atom stereocenters. The van der Waals surface area contributed by atoms with E-state index in [-0.39, 0.29) is 11.7 Å². The van der Waals surface area contributed by atoms with Crippen LogP contribution in [0.5, 0.6) is 0 Å². The Hall–Kier alpha value is -2.25. The highest BCUT2D eigenvalue weighted by Crippen LogP contribution is 2.19. The van der Waals surface area contributed by atoms with Crippen LogP contribution in [-0.2, 0) is 9.59 Å². The first-order valence-electron chi connectivity index (χ1n) is 7.00. The second kappa shape index (κ2) is 7.85. The zero-order chi connectivity index (χ0) is 16.8. The molecule has 1 heterocycles. The molecular weight excluding hydrogens is 317 g/mol. The highest BCUT2D eigenvalue weighted by Gasteiger charge is 2.19. The molecule has 0 unspecified atom stereocenters. The van der Waals surface area contributed by atoms with Gasteiger partial charge in [-0.1, -0.05) is 6.07 Å². The van der Waals surface area contributed by atoms with E-state index >= 15 is 0 Å². The van der Waals surface area contributed by atoms with Crippen molar-refractivity contribution < 1.29 is 14.0 Å². The van der Waals surface area contributed by atoms with Gasteiger partial charge in [0.2, 0.25) is 0 Å². The zero-order valence-electron chi connectivity index (χ0n) is 12.9. The van der Waals surface area contributed by atoms with Gasteiger partial charge in [-0.3, -0.25) is 9.59 Å². The van der Waals surface area contributed by atoms with E-state index in [1.807, 2.05) is 35.8 Å². The quantitative estimate of drug-likeness (QED) is 0.824. The van der Waals surface area contributed by atoms with Crippen molar-refractivity contribution in [2.24, 2.45) is 0 Å². The Labute approximate surface area is 138 Å². The fraction of sp³-hybridized carbons (Fsp3) is 0.250. The van der Waals surface area contributed by atoms with Crippen molar-refractivity contribution in [3.05, 3.63) is 52.5 Å². The number of carbonyl (C=O) groups excluding carboxylic acids is 2. The van der Waals surface area contributed by atoms with Crippen LogP contribution in [-0.4, -0.2) is 37.4 Å². The number of likely N-dealkylation sites (N-methyl/N-ethyl adjacent to an activating group) is 1. The lowest BCUT2D eigenvalue weighted by molar-refractivity contribution is -0.136. The normalized spacial score (nSPS) is 12.0. The number of nitrogens with one attached hydrogen (secondary N) is 2. The number of carbonyl (C=O) groups is 2. The van der Waals surface area contributed by atoms with Crippen molar-refractivity contribution >= 4 is 28.8 Å². The lowest BCUT2D eigenvalue weighted by atomic mass is 10.1. The maximum Gasteiger partial charge on any atom is 0.313 e. The van der Waals surface area contributed by atoms with E-state index in [1.54, 1.807) is 11.3 Å². The Morgan fingerprint density at radius 1 is 1.26 bits per heavy atom. The van der Waals surface area contributed by atoms with Crippen LogP contribution in [0.25, 0.3) is 0 Å². The van der Waals surface area contributed by atoms with Crippen LogP contribution in [0.1, 0.15) is 11.6 Å². The van der Waals surface area contributed by atoms with Gasteiger partial charge < -0.3 is 15.5 Å². The first-order chi connectivity index (χ1) is 11.0. The van der Waals surface area contributed by atoms with Crippen LogP contribution in [0.15, 0.2) is 41.1 Å². The number of hydrogen-bond acceptors (Lipinski definition) is 4. The SMILES string of the molecule is CN(C)[C@@H](CNC(=O)C(=O)Nc1cccc(F)c1)c1ccsc1. The van der Waals surface area contributed by atoms with Gasteiger partial charge in [-0.05, 0) is 54.7 Å². The average molecular weight is 335 g/mol. The highest BCUT2D eigenvalue weighted by molar-refractivity contribution is 7.07. The summed E-state index contributed by atoms with van der Waals surface area (Å²) in [5.74, 6) is -2.05. The van der Waals surface area contributed by atoms with E-state index < -0.39 is 17.6 Å². The molecule has 122 valence electrons. The van der Waals surface area contributed by atoms with Crippen LogP contribution in [0.2, 0.25) is 0 Å². The van der Waals surface area contributed by atoms with Gasteiger partial charge in [-0.2, -0.15) is 11.3 Å². The lowest BCUT2D eigenvalue weighted by Crippen LogP contribution is -2.40. The van der Waals surface area contributed by atoms with Crippen LogP contribution >= 0.6 is 11.3 Å². The predicted octanol–water partition coefficient (Wildman–Crippen LogP) is 2.24. The number of halogens is 1. The van der Waals surface area contributed by atoms with Gasteiger partial charge in [-0.15, -0.1) is 0 Å². The third kappa shape index (κ3) is 4.87. The van der Waals surface area contributed by atoms with E-state index in [4.69, 9.17) is 0 Å². The van der Waals surface area contributed by atoms with Crippen molar-refractivity contribution in [1.82, 2.24) is 10.2 Å². The Morgan fingerprint density at radius 2 is 2.04 bits per heavy atom. The van der Waals surface area contributed by atoms with Crippen molar-refractivity contribution in [3.8, 4) is 0 Å². The molecule has 2 amide bonds. The van der Waals surface area contributed by atoms with Gasteiger partial charge >= 0.3 is 11.8 Å². The van der Waals surface area contributed by atoms with Crippen LogP contribution < -0.4 is 10.6 Å². The molecule has 1 aromatic carbocycles. The standard InChI is InChI=1S/C16H18FN3O2S/c1-20(2)14(11-6-7-23-10-11)9-18-15(21)16(22)19-13-5-3-4-12(17)8-13/h3-8,10,14H,9H2,1-2H3,(H,18,21)(H,19,22)/t14-/m0/s1. The smallest absolute Gasteiger partial charge is 0.313 e. The third-order valence-electron chi connectivity index (χ3n) is 3.30. The first kappa shape index (κ1) is 17.1. The molecule has 2 aromatic rings. The molecule has 1 aromatic heterocycles. The van der Waals surface area contributed by atoms with Crippen molar-refractivity contribution in [1.29, 1.82) is 0 Å². The maximum atomic E-state index is 13.1. The van der Waals surface area contributed by atoms with E-state index in [9.17, 15) is 14.0 Å². The van der Waals surface area contributed by atoms with Gasteiger partial charge in [0.25, 0.3) is 0 Å². The molecule has 0 radical (unpaired) electrons. The van der Waals surface area contributed by atoms with Crippen LogP contribution in [0, 0.1) is 5.82 Å². The molecule has 0 saturated carbocycles. The molecule has 2 N–H and O–H groups in total. The summed E-state index contributed by atoms with van der Waals surface area (Å²) >= 11 is 1.57. The number of amides is 2. The summed E-state index contributed by atoms with van der Waals surface area (Å²) in [6.45, 7) is 0.305. The maximum absolute atomic E-state index is 13.1. The second-order valence-electron chi connectivity index (χ2n) is 5.21. The largest absolute Gasteiger partial charge is 0.346 e. The summed E-state index contributed by atoms with van der Waals surface area (Å²) in [6, 6.07) is 7.35. The molecule has 0 aliphatic carbocycles. The fourth-order valence-electron chi connectivity index (χ4n) is 2.09. The molecule has 7 heteroatoms. The van der Waals surface area contributed by atoms with Gasteiger partial charge in [0.15, 0.2) is 0 Å². The third-order valence-corrected chi connectivity index (χ3v) is 4.00. The average Bonchev–Trinajstić information content (AvgIpc) is 3.01. The Morgan fingerprint density at radius 3 is 2.65 bits per heavy atom. The fourth-order valence-corrected chi connectivity index (χ4v) is 2.79. The topological polar surface area (TPSA) is 61.4 Å². The van der Waals surface area contributed by atoms with Crippen molar-refractivity contribution in [3.63, 3.8) is 0 Å². The predicted molar refractivity (Wildman–Crippen MR) is 88.8 cm³/mol. The number of rotatable bonds is 5. The van der Waals surface area contributed by atoms with Gasteiger partial charge in [-0.25, -0.2) is 4.39 Å². The summed E-state index contributed by atoms with van der Waals surface area (Å²) in [4.78, 5) is 25.7. The van der Waals surface area contributed by atoms with Crippen molar-refractivity contribution in [2.75, 3.05) is 26.0 Å². The summed E-state index contributed by atoms with van der Waals surface area (Å²) in [5, 5.41) is 8.94. The van der Waals surface area contributed by atoms with Gasteiger partial charge in [0.05, 0.1) is 6.04 Å². The summed E-state index contributed by atoms with van der Waals surface area (Å²) in [6.07, 6.45) is 0. The first-order valence-corrected chi connectivity index (χ1v) is 7.95. The molecule has 2 rings (SSSR count). The lowest BCUT2D eigenvalue weighted by Gasteiger charge is -2.23. The second-order valence-corrected chi connectivity index (χ2v) is 5.99. The van der Waals surface area contributed by atoms with Crippen molar-refractivity contribution in [2.45, 2.75) is 6.04 Å². The number of anilines is 1. The molecular formula is C16H18FN3O2S. The molecule has 0 aliphatic rings. The Kier molecular flexibility index (Phi) is 5.84. The Balaban J connectivity index is 1.91. The molecule has 5 nitrogen and oxygen atoms in total. The highest BCUT2D eigenvalue weighted by atomic mass is 32.1. The molecule has 0 fully saturated rings. The summed E-state index contributed by atoms with van der Waals surface area (Å²) < 4.78 is 13.1. The minimum Gasteiger partial charge on any atom is -0.346 e. The monoisotopic (exact) mass is 335 g/mol. The minimum absolute atomic E-state index is 0.0211. The van der Waals surface area contributed by atoms with E-state index in [2.05, 4.69) is 10.6 Å². The number of hydrogen-bond donors (Lipinski definition) is 2. The van der Waals surface area contributed by atoms with E-state index in [0.29, 0.717) is 6.54 Å².